The molecule has 0 unspecified atom stereocenters. The third-order valence-corrected chi connectivity index (χ3v) is 6.69. The summed E-state index contributed by atoms with van der Waals surface area (Å²) in [5, 5.41) is 6.88. The first-order valence-corrected chi connectivity index (χ1v) is 11.9. The Morgan fingerprint density at radius 1 is 1.17 bits per heavy atom. The van der Waals surface area contributed by atoms with Gasteiger partial charge in [-0.1, -0.05) is 17.7 Å². The highest BCUT2D eigenvalue weighted by Crippen LogP contribution is 2.34. The van der Waals surface area contributed by atoms with Crippen LogP contribution in [0.1, 0.15) is 24.2 Å². The van der Waals surface area contributed by atoms with Crippen molar-refractivity contribution in [3.05, 3.63) is 65.1 Å². The van der Waals surface area contributed by atoms with Crippen molar-refractivity contribution in [3.8, 4) is 0 Å². The van der Waals surface area contributed by atoms with E-state index in [2.05, 4.69) is 51.5 Å². The van der Waals surface area contributed by atoms with E-state index in [0.29, 0.717) is 23.8 Å². The van der Waals surface area contributed by atoms with Gasteiger partial charge >= 0.3 is 0 Å². The molecule has 2 aliphatic heterocycles. The monoisotopic (exact) mass is 495 g/mol. The number of nitrogens with one attached hydrogen (secondary N) is 2. The second-order valence-corrected chi connectivity index (χ2v) is 9.46. The van der Waals surface area contributed by atoms with Gasteiger partial charge in [-0.25, -0.2) is 9.37 Å². The minimum atomic E-state index is -0.560. The lowest BCUT2D eigenvalue weighted by molar-refractivity contribution is 0.0981. The van der Waals surface area contributed by atoms with Crippen molar-refractivity contribution in [2.45, 2.75) is 25.9 Å². The van der Waals surface area contributed by atoms with Crippen molar-refractivity contribution in [2.75, 3.05) is 46.8 Å². The van der Waals surface area contributed by atoms with Crippen molar-refractivity contribution in [1.82, 2.24) is 15.3 Å². The minimum Gasteiger partial charge on any atom is -0.366 e. The normalized spacial score (nSPS) is 20.1. The molecule has 2 N–H and O–H groups in total. The lowest BCUT2D eigenvalue weighted by atomic mass is 10.1. The van der Waals surface area contributed by atoms with E-state index in [1.807, 2.05) is 12.1 Å². The van der Waals surface area contributed by atoms with Crippen molar-refractivity contribution in [2.24, 2.45) is 0 Å². The molecule has 182 valence electrons. The van der Waals surface area contributed by atoms with E-state index in [-0.39, 0.29) is 22.9 Å². The number of hydrogen-bond acceptors (Lipinski definition) is 7. The molecular weight excluding hydrogens is 469 g/mol. The Morgan fingerprint density at radius 3 is 2.69 bits per heavy atom. The fourth-order valence-electron chi connectivity index (χ4n) is 4.53. The maximum absolute atomic E-state index is 14.5. The van der Waals surface area contributed by atoms with Crippen molar-refractivity contribution in [1.29, 1.82) is 0 Å². The number of fused-ring (bicyclic) bond motifs is 1. The number of carbonyl (C=O) groups excluding carboxylic acids is 1. The molecule has 3 heterocycles. The van der Waals surface area contributed by atoms with E-state index in [4.69, 9.17) is 11.6 Å². The second kappa shape index (κ2) is 9.31. The fourth-order valence-corrected chi connectivity index (χ4v) is 4.79. The summed E-state index contributed by atoms with van der Waals surface area (Å²) in [4.78, 5) is 27.5. The molecule has 1 aromatic heterocycles. The molecule has 2 aliphatic rings. The predicted molar refractivity (Wildman–Crippen MR) is 138 cm³/mol. The molecule has 2 atom stereocenters. The molecule has 0 radical (unpaired) electrons. The van der Waals surface area contributed by atoms with Crippen LogP contribution in [0.2, 0.25) is 5.02 Å². The average Bonchev–Trinajstić information content (AvgIpc) is 2.84. The number of hydrogen-bond donors (Lipinski definition) is 2. The van der Waals surface area contributed by atoms with E-state index in [9.17, 15) is 9.18 Å². The molecule has 5 rings (SSSR count). The summed E-state index contributed by atoms with van der Waals surface area (Å²) in [6.45, 7) is 6.42. The van der Waals surface area contributed by atoms with Crippen molar-refractivity contribution in [3.63, 3.8) is 0 Å². The molecule has 35 heavy (non-hydrogen) atoms. The van der Waals surface area contributed by atoms with Gasteiger partial charge in [0.1, 0.15) is 22.9 Å². The van der Waals surface area contributed by atoms with Gasteiger partial charge in [-0.3, -0.25) is 9.69 Å². The molecule has 1 amide bonds. The standard InChI is InChI=1S/C25H27ClFN7O/c1-15-13-33(16(2)11-28-15)18-9-7-17(8-10-18)30-25-29-12-19-23(31-25)32(3)14-34(24(19)35)22-20(26)5-4-6-21(22)27/h4-10,12,15-16,28H,11,13-14H2,1-3H3,(H,29,30,31)/t15-,16+/m0/s1. The van der Waals surface area contributed by atoms with Gasteiger partial charge in [-0.05, 0) is 50.2 Å². The van der Waals surface area contributed by atoms with Gasteiger partial charge in [0.05, 0.1) is 11.7 Å². The fraction of sp³-hybridized carbons (Fsp3) is 0.320. The van der Waals surface area contributed by atoms with Gasteiger partial charge < -0.3 is 20.4 Å². The highest BCUT2D eigenvalue weighted by molar-refractivity contribution is 6.34. The Balaban J connectivity index is 1.35. The topological polar surface area (TPSA) is 76.6 Å². The molecule has 1 saturated heterocycles. The summed E-state index contributed by atoms with van der Waals surface area (Å²) in [7, 11) is 1.79. The largest absolute Gasteiger partial charge is 0.366 e. The van der Waals surface area contributed by atoms with Gasteiger partial charge in [0.2, 0.25) is 5.95 Å². The van der Waals surface area contributed by atoms with Crippen LogP contribution in [0.5, 0.6) is 0 Å². The van der Waals surface area contributed by atoms with Gasteiger partial charge in [0.15, 0.2) is 0 Å². The van der Waals surface area contributed by atoms with Gasteiger partial charge in [-0.15, -0.1) is 0 Å². The number of amides is 1. The van der Waals surface area contributed by atoms with Crippen LogP contribution in [0.15, 0.2) is 48.7 Å². The summed E-state index contributed by atoms with van der Waals surface area (Å²) in [6.07, 6.45) is 1.46. The predicted octanol–water partition coefficient (Wildman–Crippen LogP) is 4.25. The van der Waals surface area contributed by atoms with Gasteiger partial charge in [0, 0.05) is 49.8 Å². The van der Waals surface area contributed by atoms with Gasteiger partial charge in [0.25, 0.3) is 5.91 Å². The second-order valence-electron chi connectivity index (χ2n) is 9.06. The first kappa shape index (κ1) is 23.3. The van der Waals surface area contributed by atoms with Crippen molar-refractivity contribution < 1.29 is 9.18 Å². The van der Waals surface area contributed by atoms with Crippen LogP contribution in [-0.4, -0.2) is 54.8 Å². The third kappa shape index (κ3) is 4.49. The van der Waals surface area contributed by atoms with Gasteiger partial charge in [-0.2, -0.15) is 4.98 Å². The summed E-state index contributed by atoms with van der Waals surface area (Å²) in [5.74, 6) is -0.121. The number of nitrogens with zero attached hydrogens (tertiary/aromatic N) is 5. The smallest absolute Gasteiger partial charge is 0.265 e. The summed E-state index contributed by atoms with van der Waals surface area (Å²) in [5.41, 5.74) is 2.34. The molecule has 0 aliphatic carbocycles. The third-order valence-electron chi connectivity index (χ3n) is 6.39. The average molecular weight is 496 g/mol. The number of halogens is 2. The molecule has 8 nitrogen and oxygen atoms in total. The number of para-hydroxylation sites is 1. The highest BCUT2D eigenvalue weighted by atomic mass is 35.5. The van der Waals surface area contributed by atoms with Crippen LogP contribution in [-0.2, 0) is 0 Å². The zero-order valence-electron chi connectivity index (χ0n) is 19.8. The molecule has 10 heteroatoms. The number of piperazine rings is 1. The lowest BCUT2D eigenvalue weighted by Gasteiger charge is -2.39. The van der Waals surface area contributed by atoms with Crippen molar-refractivity contribution >= 4 is 46.3 Å². The minimum absolute atomic E-state index is 0.0483. The molecular formula is C25H27ClFN7O. The number of rotatable bonds is 4. The molecule has 3 aromatic rings. The van der Waals surface area contributed by atoms with Crippen LogP contribution in [0.3, 0.4) is 0 Å². The number of aromatic nitrogens is 2. The molecule has 0 spiro atoms. The first-order chi connectivity index (χ1) is 16.8. The van der Waals surface area contributed by atoms with Crippen LogP contribution < -0.4 is 25.3 Å². The van der Waals surface area contributed by atoms with Crippen LogP contribution in [0.25, 0.3) is 0 Å². The highest BCUT2D eigenvalue weighted by Gasteiger charge is 2.33. The van der Waals surface area contributed by atoms with E-state index < -0.39 is 11.7 Å². The summed E-state index contributed by atoms with van der Waals surface area (Å²) in [6, 6.07) is 13.4. The molecule has 0 saturated carbocycles. The SMILES string of the molecule is C[C@@H]1CN[C@@H](C)CN1c1ccc(Nc2ncc3c(n2)N(C)CN(c2c(F)cccc2Cl)C3=O)cc1. The quantitative estimate of drug-likeness (QED) is 0.560. The Hall–Kier alpha value is -3.43. The number of anilines is 5. The Kier molecular flexibility index (Phi) is 6.21. The van der Waals surface area contributed by atoms with E-state index in [0.717, 1.165) is 18.8 Å². The molecule has 1 fully saturated rings. The Morgan fingerprint density at radius 2 is 1.94 bits per heavy atom. The Labute approximate surface area is 208 Å². The summed E-state index contributed by atoms with van der Waals surface area (Å²) < 4.78 is 14.5. The molecule has 2 aromatic carbocycles. The number of carbonyl (C=O) groups is 1. The first-order valence-electron chi connectivity index (χ1n) is 11.5. The van der Waals surface area contributed by atoms with E-state index >= 15 is 0 Å². The maximum atomic E-state index is 14.5. The lowest BCUT2D eigenvalue weighted by Crippen LogP contribution is -2.54. The van der Waals surface area contributed by atoms with E-state index in [1.165, 1.54) is 28.9 Å². The van der Waals surface area contributed by atoms with E-state index in [1.54, 1.807) is 18.0 Å². The number of benzene rings is 2. The zero-order chi connectivity index (χ0) is 24.7. The summed E-state index contributed by atoms with van der Waals surface area (Å²) >= 11 is 6.19. The zero-order valence-corrected chi connectivity index (χ0v) is 20.6. The maximum Gasteiger partial charge on any atom is 0.265 e. The Bertz CT molecular complexity index is 1230. The van der Waals surface area contributed by atoms with Crippen LogP contribution >= 0.6 is 11.6 Å². The van der Waals surface area contributed by atoms with Crippen LogP contribution in [0.4, 0.5) is 33.2 Å². The molecule has 0 bridgehead atoms. The van der Waals surface area contributed by atoms with Crippen LogP contribution in [0, 0.1) is 5.82 Å².